The number of hydrogen-bond donors (Lipinski definition) is 1. The molecule has 0 spiro atoms. The largest absolute Gasteiger partial charge is 0.497 e. The zero-order valence-electron chi connectivity index (χ0n) is 24.3. The number of aryl methyl sites for hydroxylation is 1. The molecule has 0 radical (unpaired) electrons. The Morgan fingerprint density at radius 2 is 1.66 bits per heavy atom. The van der Waals surface area contributed by atoms with Crippen LogP contribution in [0.5, 0.6) is 5.75 Å². The van der Waals surface area contributed by atoms with Gasteiger partial charge in [-0.15, -0.1) is 0 Å². The standard InChI is InChI=1S/C35H39NO4Si/c1-23-31(40-32(20-21-37)34(23)41(3,4)28-17-15-27(39-2)16-18-28)19-14-24-8-5-11-26(22-24)36-30-13-7-10-25-9-6-12-29(33(25)30)35(36)38/h5-13,15-18,22-23,31-32,34,37H,14,19-21H2,1-4H3/t23-,31+,32-,34+/m0/s1. The Balaban J connectivity index is 1.21. The van der Waals surface area contributed by atoms with Gasteiger partial charge in [0.2, 0.25) is 0 Å². The van der Waals surface area contributed by atoms with Gasteiger partial charge in [0.1, 0.15) is 5.75 Å². The van der Waals surface area contributed by atoms with E-state index in [2.05, 4.69) is 74.6 Å². The number of anilines is 2. The highest BCUT2D eigenvalue weighted by Gasteiger charge is 2.50. The van der Waals surface area contributed by atoms with Crippen molar-refractivity contribution in [2.45, 2.75) is 57.0 Å². The lowest BCUT2D eigenvalue weighted by Crippen LogP contribution is -2.50. The van der Waals surface area contributed by atoms with E-state index < -0.39 is 8.07 Å². The molecule has 4 aromatic rings. The molecule has 0 unspecified atom stereocenters. The van der Waals surface area contributed by atoms with Gasteiger partial charge in [-0.2, -0.15) is 0 Å². The van der Waals surface area contributed by atoms with E-state index in [4.69, 9.17) is 9.47 Å². The number of amides is 1. The second kappa shape index (κ2) is 11.1. The number of nitrogens with zero attached hydrogens (tertiary/aromatic N) is 1. The molecule has 6 rings (SSSR count). The number of rotatable bonds is 9. The number of benzene rings is 4. The Labute approximate surface area is 243 Å². The van der Waals surface area contributed by atoms with Gasteiger partial charge in [-0.25, -0.2) is 0 Å². The first kappa shape index (κ1) is 27.7. The Morgan fingerprint density at radius 3 is 2.39 bits per heavy atom. The molecule has 6 heteroatoms. The molecule has 1 amide bonds. The van der Waals surface area contributed by atoms with Gasteiger partial charge < -0.3 is 14.6 Å². The molecule has 0 bridgehead atoms. The molecule has 0 aromatic heterocycles. The van der Waals surface area contributed by atoms with E-state index in [1.807, 2.05) is 35.2 Å². The van der Waals surface area contributed by atoms with Crippen molar-refractivity contribution in [3.63, 3.8) is 0 Å². The zero-order valence-corrected chi connectivity index (χ0v) is 25.3. The van der Waals surface area contributed by atoms with Crippen LogP contribution in [0.3, 0.4) is 0 Å². The maximum Gasteiger partial charge on any atom is 0.263 e. The van der Waals surface area contributed by atoms with Crippen LogP contribution in [0.1, 0.15) is 35.7 Å². The summed E-state index contributed by atoms with van der Waals surface area (Å²) in [6, 6.07) is 29.0. The highest BCUT2D eigenvalue weighted by Crippen LogP contribution is 2.47. The van der Waals surface area contributed by atoms with Crippen LogP contribution in [0, 0.1) is 5.92 Å². The minimum atomic E-state index is -1.92. The van der Waals surface area contributed by atoms with Gasteiger partial charge in [-0.1, -0.05) is 73.7 Å². The summed E-state index contributed by atoms with van der Waals surface area (Å²) in [6.07, 6.45) is 2.61. The summed E-state index contributed by atoms with van der Waals surface area (Å²) in [4.78, 5) is 15.3. The highest BCUT2D eigenvalue weighted by atomic mass is 28.3. The van der Waals surface area contributed by atoms with E-state index in [-0.39, 0.29) is 24.7 Å². The third kappa shape index (κ3) is 4.88. The summed E-state index contributed by atoms with van der Waals surface area (Å²) >= 11 is 0. The fourth-order valence-corrected chi connectivity index (χ4v) is 11.5. The highest BCUT2D eigenvalue weighted by molar-refractivity contribution is 6.91. The van der Waals surface area contributed by atoms with Gasteiger partial charge >= 0.3 is 0 Å². The lowest BCUT2D eigenvalue weighted by atomic mass is 9.95. The van der Waals surface area contributed by atoms with Crippen LogP contribution < -0.4 is 14.8 Å². The van der Waals surface area contributed by atoms with Crippen LogP contribution in [0.4, 0.5) is 11.4 Å². The third-order valence-corrected chi connectivity index (χ3v) is 13.8. The van der Waals surface area contributed by atoms with Crippen LogP contribution >= 0.6 is 0 Å². The van der Waals surface area contributed by atoms with Gasteiger partial charge in [-0.3, -0.25) is 9.69 Å². The van der Waals surface area contributed by atoms with E-state index in [0.29, 0.717) is 17.9 Å². The molecule has 2 aliphatic heterocycles. The number of ether oxygens (including phenoxy) is 2. The number of methoxy groups -OCH3 is 1. The summed E-state index contributed by atoms with van der Waals surface area (Å²) in [6.45, 7) is 7.33. The average Bonchev–Trinajstić information content (AvgIpc) is 3.46. The van der Waals surface area contributed by atoms with E-state index in [9.17, 15) is 9.90 Å². The molecular formula is C35H39NO4Si. The second-order valence-electron chi connectivity index (χ2n) is 12.1. The molecule has 2 heterocycles. The fraction of sp³-hybridized carbons (Fsp3) is 0.343. The van der Waals surface area contributed by atoms with Crippen LogP contribution in [0.25, 0.3) is 10.8 Å². The maximum absolute atomic E-state index is 13.5. The van der Waals surface area contributed by atoms with E-state index in [0.717, 1.165) is 46.3 Å². The molecule has 1 saturated heterocycles. The summed E-state index contributed by atoms with van der Waals surface area (Å²) in [5.41, 5.74) is 4.22. The predicted molar refractivity (Wildman–Crippen MR) is 169 cm³/mol. The number of aliphatic hydroxyl groups is 1. The Hall–Kier alpha value is -3.45. The molecule has 1 N–H and O–H groups in total. The average molecular weight is 566 g/mol. The van der Waals surface area contributed by atoms with Gasteiger partial charge in [0, 0.05) is 17.7 Å². The van der Waals surface area contributed by atoms with Crippen LogP contribution in [-0.2, 0) is 11.2 Å². The quantitative estimate of drug-likeness (QED) is 0.226. The minimum Gasteiger partial charge on any atom is -0.497 e. The number of carbonyl (C=O) groups is 1. The fourth-order valence-electron chi connectivity index (χ4n) is 7.38. The minimum absolute atomic E-state index is 0.0297. The molecule has 1 fully saturated rings. The molecule has 41 heavy (non-hydrogen) atoms. The molecule has 212 valence electrons. The SMILES string of the molecule is COc1ccc([Si](C)(C)[C@@H]2[C@@H](C)[C@@H](CCc3cccc(N4C(=O)c5cccc6cccc4c56)c3)O[C@H]2CCO)cc1. The smallest absolute Gasteiger partial charge is 0.263 e. The van der Waals surface area contributed by atoms with Gasteiger partial charge in [0.15, 0.2) is 0 Å². The van der Waals surface area contributed by atoms with Crippen molar-refractivity contribution in [1.82, 2.24) is 0 Å². The molecule has 4 atom stereocenters. The molecule has 5 nitrogen and oxygen atoms in total. The van der Waals surface area contributed by atoms with Crippen molar-refractivity contribution >= 4 is 41.3 Å². The van der Waals surface area contributed by atoms with Crippen molar-refractivity contribution < 1.29 is 19.4 Å². The maximum atomic E-state index is 13.5. The first-order valence-corrected chi connectivity index (χ1v) is 17.8. The normalized spacial score (nSPS) is 22.1. The van der Waals surface area contributed by atoms with Crippen molar-refractivity contribution in [2.75, 3.05) is 18.6 Å². The molecule has 0 aliphatic carbocycles. The lowest BCUT2D eigenvalue weighted by Gasteiger charge is -2.36. The Morgan fingerprint density at radius 1 is 0.927 bits per heavy atom. The van der Waals surface area contributed by atoms with Crippen molar-refractivity contribution in [3.8, 4) is 5.75 Å². The summed E-state index contributed by atoms with van der Waals surface area (Å²) in [7, 11) is -0.221. The van der Waals surface area contributed by atoms with E-state index >= 15 is 0 Å². The topological polar surface area (TPSA) is 59.0 Å². The van der Waals surface area contributed by atoms with Crippen molar-refractivity contribution in [2.24, 2.45) is 5.92 Å². The summed E-state index contributed by atoms with van der Waals surface area (Å²) < 4.78 is 12.1. The number of carbonyl (C=O) groups excluding carboxylic acids is 1. The van der Waals surface area contributed by atoms with Gasteiger partial charge in [0.25, 0.3) is 5.91 Å². The molecule has 0 saturated carbocycles. The molecular weight excluding hydrogens is 526 g/mol. The van der Waals surface area contributed by atoms with Crippen LogP contribution in [0.15, 0.2) is 84.9 Å². The molecule has 2 aliphatic rings. The monoisotopic (exact) mass is 565 g/mol. The summed E-state index contributed by atoms with van der Waals surface area (Å²) in [5, 5.41) is 13.4. The van der Waals surface area contributed by atoms with Crippen molar-refractivity contribution in [1.29, 1.82) is 0 Å². The number of hydrogen-bond acceptors (Lipinski definition) is 4. The lowest BCUT2D eigenvalue weighted by molar-refractivity contribution is 0.0196. The number of aliphatic hydroxyl groups excluding tert-OH is 1. The van der Waals surface area contributed by atoms with Gasteiger partial charge in [0.05, 0.1) is 38.6 Å². The summed E-state index contributed by atoms with van der Waals surface area (Å²) in [5.74, 6) is 1.28. The predicted octanol–water partition coefficient (Wildman–Crippen LogP) is 6.84. The van der Waals surface area contributed by atoms with E-state index in [1.165, 1.54) is 10.8 Å². The second-order valence-corrected chi connectivity index (χ2v) is 16.8. The van der Waals surface area contributed by atoms with Crippen LogP contribution in [-0.4, -0.2) is 45.0 Å². The van der Waals surface area contributed by atoms with E-state index in [1.54, 1.807) is 7.11 Å². The Bertz CT molecular complexity index is 1560. The zero-order chi connectivity index (χ0) is 28.7. The third-order valence-electron chi connectivity index (χ3n) is 9.43. The van der Waals surface area contributed by atoms with Crippen molar-refractivity contribution in [3.05, 3.63) is 96.1 Å². The first-order valence-electron chi connectivity index (χ1n) is 14.7. The first-order chi connectivity index (χ1) is 19.8. The van der Waals surface area contributed by atoms with Gasteiger partial charge in [-0.05, 0) is 78.1 Å². The van der Waals surface area contributed by atoms with Crippen LogP contribution in [0.2, 0.25) is 18.6 Å². The molecule has 4 aromatic carbocycles. The Kier molecular flexibility index (Phi) is 7.49.